The normalized spacial score (nSPS) is 24.2. The Bertz CT molecular complexity index is 1030. The van der Waals surface area contributed by atoms with Gasteiger partial charge in [-0.1, -0.05) is 60.7 Å². The van der Waals surface area contributed by atoms with Crippen molar-refractivity contribution in [3.63, 3.8) is 0 Å². The lowest BCUT2D eigenvalue weighted by atomic mass is 9.97. The van der Waals surface area contributed by atoms with Crippen LogP contribution in [0.2, 0.25) is 0 Å². The molecule has 0 spiro atoms. The Balaban J connectivity index is 1.35. The summed E-state index contributed by atoms with van der Waals surface area (Å²) in [6, 6.07) is 18.1. The van der Waals surface area contributed by atoms with Gasteiger partial charge in [0.2, 0.25) is 11.8 Å². The second-order valence-corrected chi connectivity index (χ2v) is 9.01. The molecule has 0 aliphatic carbocycles. The van der Waals surface area contributed by atoms with Crippen LogP contribution in [0.5, 0.6) is 0 Å². The fraction of sp³-hybridized carbons (Fsp3) is 0.385. The van der Waals surface area contributed by atoms with Crippen LogP contribution in [0.15, 0.2) is 70.9 Å². The molecule has 0 aromatic heterocycles. The third-order valence-electron chi connectivity index (χ3n) is 6.22. The first-order valence-electron chi connectivity index (χ1n) is 11.5. The molecular formula is C26H30N4O4. The quantitative estimate of drug-likeness (QED) is 0.615. The van der Waals surface area contributed by atoms with Crippen LogP contribution in [0.3, 0.4) is 0 Å². The maximum absolute atomic E-state index is 12.9. The zero-order chi connectivity index (χ0) is 24.3. The van der Waals surface area contributed by atoms with Gasteiger partial charge in [-0.3, -0.25) is 9.59 Å². The molecule has 2 aromatic carbocycles. The number of benzene rings is 2. The van der Waals surface area contributed by atoms with E-state index in [0.29, 0.717) is 35.4 Å². The molecule has 2 amide bonds. The van der Waals surface area contributed by atoms with Gasteiger partial charge in [-0.05, 0) is 26.7 Å². The average Bonchev–Trinajstić information content (AvgIpc) is 3.33. The highest BCUT2D eigenvalue weighted by molar-refractivity contribution is 5.90. The van der Waals surface area contributed by atoms with Gasteiger partial charge in [0, 0.05) is 48.2 Å². The highest BCUT2D eigenvalue weighted by Crippen LogP contribution is 2.37. The summed E-state index contributed by atoms with van der Waals surface area (Å²) in [7, 11) is 0. The second-order valence-electron chi connectivity index (χ2n) is 9.01. The second kappa shape index (κ2) is 9.48. The van der Waals surface area contributed by atoms with E-state index in [9.17, 15) is 19.8 Å². The van der Waals surface area contributed by atoms with Gasteiger partial charge in [-0.25, -0.2) is 0 Å². The monoisotopic (exact) mass is 462 g/mol. The van der Waals surface area contributed by atoms with Crippen molar-refractivity contribution in [1.82, 2.24) is 10.0 Å². The molecule has 2 N–H and O–H groups in total. The number of unbranched alkanes of at least 4 members (excludes halogenated alkanes) is 1. The summed E-state index contributed by atoms with van der Waals surface area (Å²) < 4.78 is 0. The van der Waals surface area contributed by atoms with Gasteiger partial charge >= 0.3 is 0 Å². The largest absolute Gasteiger partial charge is 0.365 e. The highest BCUT2D eigenvalue weighted by Gasteiger charge is 2.45. The highest BCUT2D eigenvalue weighted by atomic mass is 16.3. The van der Waals surface area contributed by atoms with Gasteiger partial charge in [-0.2, -0.15) is 20.2 Å². The summed E-state index contributed by atoms with van der Waals surface area (Å²) in [5.41, 5.74) is -0.406. The van der Waals surface area contributed by atoms with Crippen molar-refractivity contribution < 1.29 is 19.8 Å². The van der Waals surface area contributed by atoms with Crippen LogP contribution < -0.4 is 0 Å². The SMILES string of the molecule is CC1=NN(C(=O)CCCCC(=O)N2N=C(C)CC2(O)c2ccccc2)C(O)(c2ccccc2)C1. The van der Waals surface area contributed by atoms with Crippen LogP contribution in [0.25, 0.3) is 0 Å². The number of aliphatic hydroxyl groups is 2. The molecule has 0 bridgehead atoms. The van der Waals surface area contributed by atoms with Gasteiger partial charge in [-0.15, -0.1) is 0 Å². The van der Waals surface area contributed by atoms with E-state index in [1.165, 1.54) is 10.0 Å². The summed E-state index contributed by atoms with van der Waals surface area (Å²) in [5.74, 6) is -0.599. The molecule has 2 unspecified atom stereocenters. The Morgan fingerprint density at radius 1 is 0.735 bits per heavy atom. The molecule has 2 aromatic rings. The minimum Gasteiger partial charge on any atom is -0.365 e. The van der Waals surface area contributed by atoms with Crippen LogP contribution in [-0.2, 0) is 21.0 Å². The Morgan fingerprint density at radius 3 is 1.44 bits per heavy atom. The molecule has 0 fully saturated rings. The van der Waals surface area contributed by atoms with E-state index in [2.05, 4.69) is 10.2 Å². The summed E-state index contributed by atoms with van der Waals surface area (Å²) in [6.45, 7) is 3.57. The fourth-order valence-electron chi connectivity index (χ4n) is 4.59. The van der Waals surface area contributed by atoms with Crippen molar-refractivity contribution in [2.75, 3.05) is 0 Å². The maximum atomic E-state index is 12.9. The van der Waals surface area contributed by atoms with E-state index in [1.807, 2.05) is 36.4 Å². The van der Waals surface area contributed by atoms with E-state index in [1.54, 1.807) is 38.1 Å². The molecule has 2 aliphatic heterocycles. The van der Waals surface area contributed by atoms with Crippen molar-refractivity contribution >= 4 is 23.2 Å². The predicted molar refractivity (Wildman–Crippen MR) is 128 cm³/mol. The molecule has 8 heteroatoms. The zero-order valence-electron chi connectivity index (χ0n) is 19.5. The van der Waals surface area contributed by atoms with Crippen LogP contribution >= 0.6 is 0 Å². The summed E-state index contributed by atoms with van der Waals surface area (Å²) in [5, 5.41) is 33.4. The number of hydrogen-bond donors (Lipinski definition) is 2. The van der Waals surface area contributed by atoms with Crippen molar-refractivity contribution in [2.24, 2.45) is 10.2 Å². The standard InChI is InChI=1S/C26H30N4O4/c1-19-17-25(33,21-11-5-3-6-12-21)29(27-19)23(31)15-9-10-16-24(32)30-26(34,18-20(2)28-30)22-13-7-4-8-14-22/h3-8,11-14,33-34H,9-10,15-18H2,1-2H3. The number of amides is 2. The van der Waals surface area contributed by atoms with Crippen LogP contribution in [-0.4, -0.2) is 43.5 Å². The minimum absolute atomic E-state index is 0.143. The number of rotatable bonds is 7. The topological polar surface area (TPSA) is 106 Å². The number of nitrogens with zero attached hydrogens (tertiary/aromatic N) is 4. The van der Waals surface area contributed by atoms with E-state index in [-0.39, 0.29) is 37.5 Å². The summed E-state index contributed by atoms with van der Waals surface area (Å²) >= 11 is 0. The maximum Gasteiger partial charge on any atom is 0.245 e. The lowest BCUT2D eigenvalue weighted by molar-refractivity contribution is -0.160. The van der Waals surface area contributed by atoms with Gasteiger partial charge < -0.3 is 10.2 Å². The number of carbonyl (C=O) groups is 2. The Labute approximate surface area is 199 Å². The van der Waals surface area contributed by atoms with E-state index < -0.39 is 11.4 Å². The Hall–Kier alpha value is -3.36. The first-order valence-corrected chi connectivity index (χ1v) is 11.5. The molecule has 2 atom stereocenters. The molecule has 4 rings (SSSR count). The lowest BCUT2D eigenvalue weighted by Gasteiger charge is -2.32. The average molecular weight is 463 g/mol. The first kappa shape index (κ1) is 23.8. The molecule has 2 heterocycles. The smallest absolute Gasteiger partial charge is 0.245 e. The molecule has 0 saturated heterocycles. The third-order valence-corrected chi connectivity index (χ3v) is 6.22. The van der Waals surface area contributed by atoms with Gasteiger partial charge in [0.25, 0.3) is 0 Å². The van der Waals surface area contributed by atoms with Crippen molar-refractivity contribution in [3.8, 4) is 0 Å². The molecule has 0 saturated carbocycles. The van der Waals surface area contributed by atoms with E-state index in [0.717, 1.165) is 0 Å². The molecule has 8 nitrogen and oxygen atoms in total. The molecule has 0 radical (unpaired) electrons. The molecule has 2 aliphatic rings. The zero-order valence-corrected chi connectivity index (χ0v) is 19.5. The number of hydrogen-bond acceptors (Lipinski definition) is 6. The first-order chi connectivity index (χ1) is 16.2. The number of carbonyl (C=O) groups excluding carboxylic acids is 2. The Kier molecular flexibility index (Phi) is 6.63. The van der Waals surface area contributed by atoms with E-state index >= 15 is 0 Å². The molecule has 34 heavy (non-hydrogen) atoms. The van der Waals surface area contributed by atoms with Gasteiger partial charge in [0.15, 0.2) is 11.4 Å². The van der Waals surface area contributed by atoms with E-state index in [4.69, 9.17) is 0 Å². The molecule has 178 valence electrons. The predicted octanol–water partition coefficient (Wildman–Crippen LogP) is 3.45. The van der Waals surface area contributed by atoms with Crippen molar-refractivity contribution in [3.05, 3.63) is 71.8 Å². The van der Waals surface area contributed by atoms with Crippen molar-refractivity contribution in [1.29, 1.82) is 0 Å². The molecular weight excluding hydrogens is 432 g/mol. The minimum atomic E-state index is -1.49. The van der Waals surface area contributed by atoms with Gasteiger partial charge in [0.05, 0.1) is 0 Å². The van der Waals surface area contributed by atoms with Crippen LogP contribution in [0, 0.1) is 0 Å². The number of hydrazone groups is 2. The van der Waals surface area contributed by atoms with Crippen molar-refractivity contribution in [2.45, 2.75) is 63.8 Å². The van der Waals surface area contributed by atoms with Gasteiger partial charge in [0.1, 0.15) is 0 Å². The van der Waals surface area contributed by atoms with Crippen LogP contribution in [0.4, 0.5) is 0 Å². The Morgan fingerprint density at radius 2 is 1.09 bits per heavy atom. The lowest BCUT2D eigenvalue weighted by Crippen LogP contribution is -2.43. The van der Waals surface area contributed by atoms with Crippen LogP contribution in [0.1, 0.15) is 63.5 Å². The fourth-order valence-corrected chi connectivity index (χ4v) is 4.59. The summed E-state index contributed by atoms with van der Waals surface area (Å²) in [6.07, 6.45) is 1.69. The summed E-state index contributed by atoms with van der Waals surface area (Å²) in [4.78, 5) is 25.8. The third kappa shape index (κ3) is 4.51.